The fraction of sp³-hybridized carbons (Fsp3) is 0. The van der Waals surface area contributed by atoms with E-state index in [1.807, 2.05) is 42.8 Å². The second kappa shape index (κ2) is 2.83. The summed E-state index contributed by atoms with van der Waals surface area (Å²) in [5, 5.41) is 1.56. The van der Waals surface area contributed by atoms with E-state index in [4.69, 9.17) is 5.84 Å². The molecular formula is C10H10N2. The van der Waals surface area contributed by atoms with Crippen LogP contribution in [0.2, 0.25) is 0 Å². The lowest BCUT2D eigenvalue weighted by Gasteiger charge is -2.15. The van der Waals surface area contributed by atoms with E-state index in [0.717, 1.165) is 5.57 Å². The minimum absolute atomic E-state index is 1.14. The maximum absolute atomic E-state index is 5.58. The van der Waals surface area contributed by atoms with Crippen molar-refractivity contribution in [2.24, 2.45) is 5.84 Å². The molecule has 0 unspecified atom stereocenters. The third kappa shape index (κ3) is 1.24. The van der Waals surface area contributed by atoms with Gasteiger partial charge in [0.2, 0.25) is 0 Å². The molecule has 0 aromatic heterocycles. The van der Waals surface area contributed by atoms with Gasteiger partial charge in [-0.2, -0.15) is 0 Å². The van der Waals surface area contributed by atoms with Crippen LogP contribution in [0.5, 0.6) is 0 Å². The van der Waals surface area contributed by atoms with Crippen molar-refractivity contribution in [2.75, 3.05) is 0 Å². The smallest absolute Gasteiger partial charge is 0.0285 e. The number of nitrogens with two attached hydrogens (primary N) is 1. The number of hydrazine groups is 1. The van der Waals surface area contributed by atoms with E-state index in [9.17, 15) is 0 Å². The van der Waals surface area contributed by atoms with Crippen LogP contribution in [0.25, 0.3) is 0 Å². The highest BCUT2D eigenvalue weighted by atomic mass is 15.4. The maximum atomic E-state index is 5.58. The third-order valence-electron chi connectivity index (χ3n) is 1.82. The van der Waals surface area contributed by atoms with E-state index in [1.54, 1.807) is 5.01 Å². The molecule has 2 N–H and O–H groups in total. The standard InChI is InChI=1S/C10H10N2/c11-12-7-6-9-4-2-1-3-5-10(9)8-12/h1-8H,11H2. The van der Waals surface area contributed by atoms with Crippen molar-refractivity contribution in [3.8, 4) is 0 Å². The first kappa shape index (κ1) is 7.13. The Morgan fingerprint density at radius 1 is 1.00 bits per heavy atom. The van der Waals surface area contributed by atoms with Crippen LogP contribution in [0, 0.1) is 0 Å². The van der Waals surface area contributed by atoms with Crippen molar-refractivity contribution in [2.45, 2.75) is 0 Å². The van der Waals surface area contributed by atoms with E-state index in [-0.39, 0.29) is 0 Å². The van der Waals surface area contributed by atoms with Gasteiger partial charge in [-0.3, -0.25) is 5.01 Å². The van der Waals surface area contributed by atoms with Gasteiger partial charge in [-0.1, -0.05) is 30.4 Å². The molecule has 2 rings (SSSR count). The van der Waals surface area contributed by atoms with Gasteiger partial charge in [-0.25, -0.2) is 5.84 Å². The fourth-order valence-electron chi connectivity index (χ4n) is 1.21. The quantitative estimate of drug-likeness (QED) is 0.543. The molecule has 0 aromatic rings. The molecule has 0 atom stereocenters. The predicted octanol–water partition coefficient (Wildman–Crippen LogP) is 1.63. The molecule has 1 aliphatic carbocycles. The lowest BCUT2D eigenvalue weighted by Crippen LogP contribution is -2.20. The number of hydrogen-bond donors (Lipinski definition) is 1. The summed E-state index contributed by atoms with van der Waals surface area (Å²) in [7, 11) is 0. The highest BCUT2D eigenvalue weighted by Crippen LogP contribution is 2.19. The van der Waals surface area contributed by atoms with Crippen LogP contribution in [0.3, 0.4) is 0 Å². The van der Waals surface area contributed by atoms with Crippen LogP contribution in [-0.4, -0.2) is 5.01 Å². The van der Waals surface area contributed by atoms with Gasteiger partial charge in [0.1, 0.15) is 0 Å². The molecule has 0 spiro atoms. The van der Waals surface area contributed by atoms with Gasteiger partial charge in [0, 0.05) is 12.4 Å². The van der Waals surface area contributed by atoms with Crippen molar-refractivity contribution in [3.05, 3.63) is 60.0 Å². The fourth-order valence-corrected chi connectivity index (χ4v) is 1.21. The van der Waals surface area contributed by atoms with Crippen LogP contribution in [-0.2, 0) is 0 Å². The molecule has 0 saturated carbocycles. The summed E-state index contributed by atoms with van der Waals surface area (Å²) < 4.78 is 0. The van der Waals surface area contributed by atoms with E-state index in [2.05, 4.69) is 6.08 Å². The summed E-state index contributed by atoms with van der Waals surface area (Å²) in [6.07, 6.45) is 15.9. The van der Waals surface area contributed by atoms with Gasteiger partial charge >= 0.3 is 0 Å². The number of fused-ring (bicyclic) bond motifs is 1. The zero-order chi connectivity index (χ0) is 8.39. The Balaban J connectivity index is 2.42. The Labute approximate surface area is 71.6 Å². The first-order valence-electron chi connectivity index (χ1n) is 3.85. The molecule has 0 radical (unpaired) electrons. The lowest BCUT2D eigenvalue weighted by atomic mass is 10.1. The van der Waals surface area contributed by atoms with E-state index in [1.165, 1.54) is 5.57 Å². The molecule has 1 aliphatic heterocycles. The second-order valence-electron chi connectivity index (χ2n) is 2.71. The van der Waals surface area contributed by atoms with Gasteiger partial charge in [-0.15, -0.1) is 0 Å². The summed E-state index contributed by atoms with van der Waals surface area (Å²) in [5.74, 6) is 5.58. The molecule has 0 bridgehead atoms. The van der Waals surface area contributed by atoms with Crippen molar-refractivity contribution in [1.82, 2.24) is 5.01 Å². The summed E-state index contributed by atoms with van der Waals surface area (Å²) in [6.45, 7) is 0. The molecule has 2 heteroatoms. The highest BCUT2D eigenvalue weighted by Gasteiger charge is 2.04. The minimum Gasteiger partial charge on any atom is -0.294 e. The zero-order valence-electron chi connectivity index (χ0n) is 6.64. The van der Waals surface area contributed by atoms with E-state index >= 15 is 0 Å². The molecule has 0 amide bonds. The number of allylic oxidation sites excluding steroid dienone is 8. The van der Waals surface area contributed by atoms with Gasteiger partial charge in [0.05, 0.1) is 0 Å². The van der Waals surface area contributed by atoms with Gasteiger partial charge in [0.15, 0.2) is 0 Å². The summed E-state index contributed by atoms with van der Waals surface area (Å²) in [5.41, 5.74) is 2.34. The molecule has 2 nitrogen and oxygen atoms in total. The third-order valence-corrected chi connectivity index (χ3v) is 1.82. The van der Waals surface area contributed by atoms with Crippen molar-refractivity contribution in [1.29, 1.82) is 0 Å². The Hall–Kier alpha value is -1.54. The van der Waals surface area contributed by atoms with Crippen molar-refractivity contribution in [3.63, 3.8) is 0 Å². The zero-order valence-corrected chi connectivity index (χ0v) is 6.64. The number of hydrogen-bond acceptors (Lipinski definition) is 2. The van der Waals surface area contributed by atoms with Crippen LogP contribution >= 0.6 is 0 Å². The van der Waals surface area contributed by atoms with Crippen LogP contribution in [0.15, 0.2) is 60.0 Å². The summed E-state index contributed by atoms with van der Waals surface area (Å²) >= 11 is 0. The molecule has 0 saturated heterocycles. The van der Waals surface area contributed by atoms with Gasteiger partial charge in [-0.05, 0) is 17.2 Å². The predicted molar refractivity (Wildman–Crippen MR) is 49.6 cm³/mol. The number of rotatable bonds is 0. The van der Waals surface area contributed by atoms with E-state index < -0.39 is 0 Å². The second-order valence-corrected chi connectivity index (χ2v) is 2.71. The maximum Gasteiger partial charge on any atom is 0.0285 e. The Morgan fingerprint density at radius 2 is 1.92 bits per heavy atom. The summed E-state index contributed by atoms with van der Waals surface area (Å²) in [6, 6.07) is 0. The molecular weight excluding hydrogens is 148 g/mol. The van der Waals surface area contributed by atoms with Crippen LogP contribution < -0.4 is 5.84 Å². The van der Waals surface area contributed by atoms with Crippen LogP contribution in [0.4, 0.5) is 0 Å². The molecule has 2 aliphatic rings. The largest absolute Gasteiger partial charge is 0.294 e. The average Bonchev–Trinajstić information content (AvgIpc) is 2.28. The minimum atomic E-state index is 1.14. The normalized spacial score (nSPS) is 19.9. The van der Waals surface area contributed by atoms with Crippen molar-refractivity contribution < 1.29 is 0 Å². The Kier molecular flexibility index (Phi) is 1.68. The van der Waals surface area contributed by atoms with Crippen LogP contribution in [0.1, 0.15) is 0 Å². The van der Waals surface area contributed by atoms with E-state index in [0.29, 0.717) is 0 Å². The Morgan fingerprint density at radius 3 is 2.83 bits per heavy atom. The number of nitrogens with zero attached hydrogens (tertiary/aromatic N) is 1. The topological polar surface area (TPSA) is 29.3 Å². The monoisotopic (exact) mass is 158 g/mol. The SMILES string of the molecule is NN1C=CC2=CC=CC=CC2=C1. The summed E-state index contributed by atoms with van der Waals surface area (Å²) in [4.78, 5) is 0. The average molecular weight is 158 g/mol. The highest BCUT2D eigenvalue weighted by molar-refractivity contribution is 5.52. The first-order valence-corrected chi connectivity index (χ1v) is 3.85. The molecule has 1 heterocycles. The van der Waals surface area contributed by atoms with Crippen molar-refractivity contribution >= 4 is 0 Å². The first-order chi connectivity index (χ1) is 5.86. The van der Waals surface area contributed by atoms with Gasteiger partial charge in [0.25, 0.3) is 0 Å². The molecule has 12 heavy (non-hydrogen) atoms. The Bertz CT molecular complexity index is 330. The lowest BCUT2D eigenvalue weighted by molar-refractivity contribution is 0.532. The van der Waals surface area contributed by atoms with Gasteiger partial charge < -0.3 is 0 Å². The molecule has 0 fully saturated rings. The molecule has 0 aromatic carbocycles. The molecule has 60 valence electrons.